The van der Waals surface area contributed by atoms with Crippen molar-refractivity contribution in [1.29, 1.82) is 0 Å². The molecule has 0 radical (unpaired) electrons. The fourth-order valence-corrected chi connectivity index (χ4v) is 1.47. The van der Waals surface area contributed by atoms with E-state index in [-0.39, 0.29) is 5.82 Å². The van der Waals surface area contributed by atoms with Gasteiger partial charge in [0.1, 0.15) is 11.6 Å². The van der Waals surface area contributed by atoms with Crippen LogP contribution in [0.15, 0.2) is 41.1 Å². The monoisotopic (exact) mass is 256 g/mol. The van der Waals surface area contributed by atoms with E-state index in [9.17, 15) is 13.2 Å². The molecule has 2 aromatic heterocycles. The van der Waals surface area contributed by atoms with Crippen LogP contribution in [0, 0.1) is 0 Å². The summed E-state index contributed by atoms with van der Waals surface area (Å²) in [7, 11) is 0. The standard InChI is InChI=1S/C12H11F3N2O/c13-12(14,15)9-3-5-16-11(8-9)17-6-4-10-2-1-7-18-10/h1-3,5,7-8H,4,6H2,(H,16,17). The lowest BCUT2D eigenvalue weighted by molar-refractivity contribution is -0.137. The van der Waals surface area contributed by atoms with Crippen LogP contribution in [0.5, 0.6) is 0 Å². The van der Waals surface area contributed by atoms with E-state index in [1.165, 1.54) is 0 Å². The zero-order valence-electron chi connectivity index (χ0n) is 9.37. The molecule has 0 fully saturated rings. The number of anilines is 1. The third-order valence-electron chi connectivity index (χ3n) is 2.34. The molecule has 0 aromatic carbocycles. The summed E-state index contributed by atoms with van der Waals surface area (Å²) in [6.07, 6.45) is -1.07. The molecular formula is C12H11F3N2O. The van der Waals surface area contributed by atoms with E-state index in [1.807, 2.05) is 0 Å². The van der Waals surface area contributed by atoms with Gasteiger partial charge in [0.15, 0.2) is 0 Å². The van der Waals surface area contributed by atoms with E-state index in [4.69, 9.17) is 4.42 Å². The number of nitrogens with zero attached hydrogens (tertiary/aromatic N) is 1. The van der Waals surface area contributed by atoms with Gasteiger partial charge in [0.05, 0.1) is 11.8 Å². The number of nitrogens with one attached hydrogen (secondary N) is 1. The molecule has 0 aliphatic rings. The van der Waals surface area contributed by atoms with Gasteiger partial charge in [0, 0.05) is 19.2 Å². The lowest BCUT2D eigenvalue weighted by Gasteiger charge is -2.09. The van der Waals surface area contributed by atoms with Crippen molar-refractivity contribution in [1.82, 2.24) is 4.98 Å². The van der Waals surface area contributed by atoms with Crippen molar-refractivity contribution in [2.75, 3.05) is 11.9 Å². The summed E-state index contributed by atoms with van der Waals surface area (Å²) in [5.74, 6) is 0.978. The number of furan rings is 1. The Bertz CT molecular complexity index is 494. The Balaban J connectivity index is 1.93. The molecule has 0 bridgehead atoms. The molecule has 1 N–H and O–H groups in total. The third-order valence-corrected chi connectivity index (χ3v) is 2.34. The van der Waals surface area contributed by atoms with Gasteiger partial charge in [-0.1, -0.05) is 0 Å². The predicted molar refractivity (Wildman–Crippen MR) is 60.1 cm³/mol. The Morgan fingerprint density at radius 3 is 2.78 bits per heavy atom. The SMILES string of the molecule is FC(F)(F)c1ccnc(NCCc2ccco2)c1. The molecule has 0 unspecified atom stereocenters. The van der Waals surface area contributed by atoms with Crippen LogP contribution in [-0.4, -0.2) is 11.5 Å². The van der Waals surface area contributed by atoms with Crippen molar-refractivity contribution in [3.8, 4) is 0 Å². The largest absolute Gasteiger partial charge is 0.469 e. The Morgan fingerprint density at radius 1 is 1.28 bits per heavy atom. The number of halogens is 3. The second kappa shape index (κ2) is 5.12. The van der Waals surface area contributed by atoms with Gasteiger partial charge in [0.25, 0.3) is 0 Å². The summed E-state index contributed by atoms with van der Waals surface area (Å²) >= 11 is 0. The molecule has 0 saturated carbocycles. The van der Waals surface area contributed by atoms with Crippen LogP contribution < -0.4 is 5.32 Å². The molecule has 6 heteroatoms. The Morgan fingerprint density at radius 2 is 2.11 bits per heavy atom. The number of rotatable bonds is 4. The van der Waals surface area contributed by atoms with Gasteiger partial charge in [-0.25, -0.2) is 4.98 Å². The highest BCUT2D eigenvalue weighted by Gasteiger charge is 2.30. The second-order valence-electron chi connectivity index (χ2n) is 3.68. The third kappa shape index (κ3) is 3.26. The number of pyridine rings is 1. The maximum Gasteiger partial charge on any atom is 0.416 e. The fourth-order valence-electron chi connectivity index (χ4n) is 1.47. The first-order valence-corrected chi connectivity index (χ1v) is 5.35. The molecule has 2 rings (SSSR count). The van der Waals surface area contributed by atoms with Crippen LogP contribution in [0.25, 0.3) is 0 Å². The predicted octanol–water partition coefficient (Wildman–Crippen LogP) is 3.35. The smallest absolute Gasteiger partial charge is 0.416 e. The second-order valence-corrected chi connectivity index (χ2v) is 3.68. The van der Waals surface area contributed by atoms with Crippen molar-refractivity contribution in [3.05, 3.63) is 48.0 Å². The molecule has 2 heterocycles. The van der Waals surface area contributed by atoms with Crippen molar-refractivity contribution in [2.45, 2.75) is 12.6 Å². The van der Waals surface area contributed by atoms with E-state index in [0.717, 1.165) is 24.1 Å². The van der Waals surface area contributed by atoms with Crippen LogP contribution >= 0.6 is 0 Å². The first kappa shape index (κ1) is 12.5. The molecule has 96 valence electrons. The molecule has 0 aliphatic carbocycles. The average Bonchev–Trinajstić information content (AvgIpc) is 2.81. The Kier molecular flexibility index (Phi) is 3.55. The lowest BCUT2D eigenvalue weighted by Crippen LogP contribution is -2.09. The first-order valence-electron chi connectivity index (χ1n) is 5.35. The van der Waals surface area contributed by atoms with Gasteiger partial charge in [0.2, 0.25) is 0 Å². The highest BCUT2D eigenvalue weighted by molar-refractivity contribution is 5.38. The Hall–Kier alpha value is -1.98. The zero-order chi connectivity index (χ0) is 13.0. The number of aromatic nitrogens is 1. The molecule has 0 saturated heterocycles. The molecule has 2 aromatic rings. The molecule has 3 nitrogen and oxygen atoms in total. The quantitative estimate of drug-likeness (QED) is 0.911. The van der Waals surface area contributed by atoms with Gasteiger partial charge in [-0.2, -0.15) is 13.2 Å². The van der Waals surface area contributed by atoms with Gasteiger partial charge in [-0.3, -0.25) is 0 Å². The Labute approximate surface area is 102 Å². The molecule has 0 amide bonds. The number of hydrogen-bond acceptors (Lipinski definition) is 3. The minimum atomic E-state index is -4.35. The molecular weight excluding hydrogens is 245 g/mol. The summed E-state index contributed by atoms with van der Waals surface area (Å²) in [6, 6.07) is 5.50. The highest BCUT2D eigenvalue weighted by atomic mass is 19.4. The minimum absolute atomic E-state index is 0.205. The number of hydrogen-bond donors (Lipinski definition) is 1. The highest BCUT2D eigenvalue weighted by Crippen LogP contribution is 2.29. The number of alkyl halides is 3. The average molecular weight is 256 g/mol. The summed E-state index contributed by atoms with van der Waals surface area (Å²) in [5, 5.41) is 2.82. The van der Waals surface area contributed by atoms with E-state index in [0.29, 0.717) is 13.0 Å². The summed E-state index contributed by atoms with van der Waals surface area (Å²) in [6.45, 7) is 0.460. The molecule has 0 spiro atoms. The van der Waals surface area contributed by atoms with Gasteiger partial charge < -0.3 is 9.73 Å². The molecule has 0 aliphatic heterocycles. The van der Waals surface area contributed by atoms with E-state index in [1.54, 1.807) is 18.4 Å². The topological polar surface area (TPSA) is 38.1 Å². The van der Waals surface area contributed by atoms with E-state index in [2.05, 4.69) is 10.3 Å². The van der Waals surface area contributed by atoms with Gasteiger partial charge >= 0.3 is 6.18 Å². The summed E-state index contributed by atoms with van der Waals surface area (Å²) < 4.78 is 42.4. The van der Waals surface area contributed by atoms with Crippen LogP contribution in [-0.2, 0) is 12.6 Å². The summed E-state index contributed by atoms with van der Waals surface area (Å²) in [4.78, 5) is 3.83. The van der Waals surface area contributed by atoms with Crippen LogP contribution in [0.4, 0.5) is 19.0 Å². The van der Waals surface area contributed by atoms with Crippen LogP contribution in [0.2, 0.25) is 0 Å². The van der Waals surface area contributed by atoms with Gasteiger partial charge in [-0.05, 0) is 24.3 Å². The van der Waals surface area contributed by atoms with E-state index < -0.39 is 11.7 Å². The van der Waals surface area contributed by atoms with E-state index >= 15 is 0 Å². The summed E-state index contributed by atoms with van der Waals surface area (Å²) in [5.41, 5.74) is -0.710. The normalized spacial score (nSPS) is 11.5. The van der Waals surface area contributed by atoms with Crippen LogP contribution in [0.1, 0.15) is 11.3 Å². The molecule has 0 atom stereocenters. The van der Waals surface area contributed by atoms with Crippen molar-refractivity contribution >= 4 is 5.82 Å². The van der Waals surface area contributed by atoms with Crippen molar-refractivity contribution in [2.24, 2.45) is 0 Å². The maximum atomic E-state index is 12.4. The molecule has 18 heavy (non-hydrogen) atoms. The fraction of sp³-hybridized carbons (Fsp3) is 0.250. The minimum Gasteiger partial charge on any atom is -0.469 e. The maximum absolute atomic E-state index is 12.4. The van der Waals surface area contributed by atoms with Crippen LogP contribution in [0.3, 0.4) is 0 Å². The lowest BCUT2D eigenvalue weighted by atomic mass is 10.2. The zero-order valence-corrected chi connectivity index (χ0v) is 9.37. The van der Waals surface area contributed by atoms with Gasteiger partial charge in [-0.15, -0.1) is 0 Å². The van der Waals surface area contributed by atoms with Crippen molar-refractivity contribution in [3.63, 3.8) is 0 Å². The first-order chi connectivity index (χ1) is 8.55. The van der Waals surface area contributed by atoms with Crippen molar-refractivity contribution < 1.29 is 17.6 Å².